The first kappa shape index (κ1) is 26.9. The van der Waals surface area contributed by atoms with Gasteiger partial charge in [0.2, 0.25) is 10.0 Å². The molecule has 0 aliphatic carbocycles. The van der Waals surface area contributed by atoms with Crippen LogP contribution >= 0.6 is 0 Å². The van der Waals surface area contributed by atoms with Crippen LogP contribution in [0, 0.1) is 11.3 Å². The maximum atomic E-state index is 11.9. The number of rotatable bonds is 5. The van der Waals surface area contributed by atoms with E-state index in [9.17, 15) is 13.7 Å². The van der Waals surface area contributed by atoms with Crippen LogP contribution < -0.4 is 4.90 Å². The van der Waals surface area contributed by atoms with E-state index >= 15 is 0 Å². The Morgan fingerprint density at radius 1 is 0.902 bits per heavy atom. The summed E-state index contributed by atoms with van der Waals surface area (Å²) in [6.45, 7) is 6.13. The molecule has 5 aromatic rings. The van der Waals surface area contributed by atoms with Gasteiger partial charge >= 0.3 is 0 Å². The Morgan fingerprint density at radius 3 is 2.27 bits per heavy atom. The third-order valence-electron chi connectivity index (χ3n) is 8.10. The molecule has 9 heteroatoms. The summed E-state index contributed by atoms with van der Waals surface area (Å²) in [5, 5.41) is 16.5. The summed E-state index contributed by atoms with van der Waals surface area (Å²) in [7, 11) is -1.24. The van der Waals surface area contributed by atoms with Crippen LogP contribution in [0.3, 0.4) is 0 Å². The molecular weight excluding hydrogens is 532 g/mol. The maximum absolute atomic E-state index is 11.9. The predicted molar refractivity (Wildman–Crippen MR) is 164 cm³/mol. The second-order valence-electron chi connectivity index (χ2n) is 11.2. The second kappa shape index (κ2) is 9.98. The highest BCUT2D eigenvalue weighted by molar-refractivity contribution is 7.88. The third-order valence-corrected chi connectivity index (χ3v) is 9.40. The molecule has 208 valence electrons. The normalized spacial score (nSPS) is 15.0. The average Bonchev–Trinajstić information content (AvgIpc) is 3.33. The first-order valence-electron chi connectivity index (χ1n) is 13.6. The average molecular weight is 565 g/mol. The zero-order valence-corrected chi connectivity index (χ0v) is 24.5. The number of sulfonamides is 1. The van der Waals surface area contributed by atoms with E-state index in [4.69, 9.17) is 10.1 Å². The first-order valence-corrected chi connectivity index (χ1v) is 15.5. The molecule has 0 amide bonds. The van der Waals surface area contributed by atoms with Crippen LogP contribution in [0.2, 0.25) is 0 Å². The van der Waals surface area contributed by atoms with E-state index in [2.05, 4.69) is 53.4 Å². The van der Waals surface area contributed by atoms with Gasteiger partial charge in [0.05, 0.1) is 35.0 Å². The van der Waals surface area contributed by atoms with Crippen molar-refractivity contribution in [1.82, 2.24) is 19.1 Å². The third kappa shape index (κ3) is 4.94. The summed E-state index contributed by atoms with van der Waals surface area (Å²) in [4.78, 5) is 6.97. The van der Waals surface area contributed by atoms with Crippen LogP contribution in [0.25, 0.3) is 44.2 Å². The highest BCUT2D eigenvalue weighted by Crippen LogP contribution is 2.36. The van der Waals surface area contributed by atoms with Gasteiger partial charge in [-0.1, -0.05) is 42.5 Å². The number of aryl methyl sites for hydroxylation is 1. The number of nitrogens with zero attached hydrogens (tertiary/aromatic N) is 6. The van der Waals surface area contributed by atoms with Gasteiger partial charge < -0.3 is 4.90 Å². The summed E-state index contributed by atoms with van der Waals surface area (Å²) < 4.78 is 27.3. The topological polar surface area (TPSA) is 95.1 Å². The van der Waals surface area contributed by atoms with Crippen molar-refractivity contribution < 1.29 is 8.42 Å². The number of pyridine rings is 1. The number of hydrogen-bond acceptors (Lipinski definition) is 6. The lowest BCUT2D eigenvalue weighted by Gasteiger charge is -2.34. The number of nitriles is 1. The van der Waals surface area contributed by atoms with Crippen LogP contribution in [0.1, 0.15) is 19.4 Å². The Morgan fingerprint density at radius 2 is 1.59 bits per heavy atom. The van der Waals surface area contributed by atoms with E-state index in [0.717, 1.165) is 55.4 Å². The number of aromatic nitrogens is 3. The molecule has 1 aliphatic rings. The quantitative estimate of drug-likeness (QED) is 0.286. The van der Waals surface area contributed by atoms with E-state index in [1.54, 1.807) is 4.31 Å². The fourth-order valence-corrected chi connectivity index (χ4v) is 6.41. The van der Waals surface area contributed by atoms with Crippen LogP contribution in [-0.4, -0.2) is 59.9 Å². The van der Waals surface area contributed by atoms with Gasteiger partial charge in [0.25, 0.3) is 0 Å². The van der Waals surface area contributed by atoms with Gasteiger partial charge in [0.1, 0.15) is 5.69 Å². The van der Waals surface area contributed by atoms with Gasteiger partial charge in [-0.15, -0.1) is 0 Å². The van der Waals surface area contributed by atoms with Crippen molar-refractivity contribution in [3.05, 3.63) is 78.5 Å². The summed E-state index contributed by atoms with van der Waals surface area (Å²) in [5.41, 5.74) is 7.35. The highest BCUT2D eigenvalue weighted by atomic mass is 32.2. The predicted octanol–water partition coefficient (Wildman–Crippen LogP) is 5.34. The minimum atomic E-state index is -3.17. The smallest absolute Gasteiger partial charge is 0.211 e. The molecule has 8 nitrogen and oxygen atoms in total. The molecular formula is C32H32N6O2S. The Hall–Kier alpha value is -4.26. The monoisotopic (exact) mass is 564 g/mol. The minimum Gasteiger partial charge on any atom is -0.369 e. The molecule has 1 aliphatic heterocycles. The molecule has 3 aromatic carbocycles. The Balaban J connectivity index is 1.40. The lowest BCUT2D eigenvalue weighted by Crippen LogP contribution is -2.48. The van der Waals surface area contributed by atoms with E-state index in [0.29, 0.717) is 26.2 Å². The summed E-state index contributed by atoms with van der Waals surface area (Å²) >= 11 is 0. The molecule has 0 spiro atoms. The number of piperazine rings is 1. The molecule has 0 atom stereocenters. The van der Waals surface area contributed by atoms with E-state index in [1.807, 2.05) is 56.0 Å². The molecule has 1 saturated heterocycles. The standard InChI is InChI=1S/C32H32N6O2S/c1-32(2,21-33)25-11-8-22(9-12-25)31-30-27-19-24(10-13-28(27)34-20-29(30)36(3)35-31)23-6-5-7-26(18-23)37-14-16-38(17-15-37)41(4,39)40/h5-13,18-20H,14-17H2,1-4H3. The van der Waals surface area contributed by atoms with E-state index in [-0.39, 0.29) is 0 Å². The fraction of sp³-hybridized carbons (Fsp3) is 0.281. The van der Waals surface area contributed by atoms with Crippen molar-refractivity contribution in [2.75, 3.05) is 37.3 Å². The van der Waals surface area contributed by atoms with Crippen LogP contribution in [0.5, 0.6) is 0 Å². The van der Waals surface area contributed by atoms with Crippen molar-refractivity contribution in [2.45, 2.75) is 19.3 Å². The molecule has 0 radical (unpaired) electrons. The summed E-state index contributed by atoms with van der Waals surface area (Å²) in [6.07, 6.45) is 3.14. The number of anilines is 1. The van der Waals surface area contributed by atoms with Crippen molar-refractivity contribution in [3.63, 3.8) is 0 Å². The number of benzene rings is 3. The van der Waals surface area contributed by atoms with E-state index < -0.39 is 15.4 Å². The molecule has 41 heavy (non-hydrogen) atoms. The molecule has 0 N–H and O–H groups in total. The van der Waals surface area contributed by atoms with Crippen LogP contribution in [-0.2, 0) is 22.5 Å². The number of fused-ring (bicyclic) bond motifs is 3. The van der Waals surface area contributed by atoms with Gasteiger partial charge in [0.15, 0.2) is 0 Å². The maximum Gasteiger partial charge on any atom is 0.211 e. The summed E-state index contributed by atoms with van der Waals surface area (Å²) in [6, 6.07) is 25.2. The molecule has 2 aromatic heterocycles. The van der Waals surface area contributed by atoms with Gasteiger partial charge in [-0.3, -0.25) is 9.67 Å². The van der Waals surface area contributed by atoms with Gasteiger partial charge in [-0.25, -0.2) is 8.42 Å². The van der Waals surface area contributed by atoms with Crippen molar-refractivity contribution in [1.29, 1.82) is 5.26 Å². The molecule has 1 fully saturated rings. The zero-order chi connectivity index (χ0) is 28.9. The van der Waals surface area contributed by atoms with Crippen molar-refractivity contribution in [2.24, 2.45) is 7.05 Å². The molecule has 0 saturated carbocycles. The Bertz CT molecular complexity index is 1930. The zero-order valence-electron chi connectivity index (χ0n) is 23.7. The lowest BCUT2D eigenvalue weighted by atomic mass is 9.86. The summed E-state index contributed by atoms with van der Waals surface area (Å²) in [5.74, 6) is 0. The van der Waals surface area contributed by atoms with Gasteiger partial charge in [0, 0.05) is 55.2 Å². The van der Waals surface area contributed by atoms with E-state index in [1.165, 1.54) is 6.26 Å². The lowest BCUT2D eigenvalue weighted by molar-refractivity contribution is 0.388. The van der Waals surface area contributed by atoms with Crippen molar-refractivity contribution >= 4 is 37.5 Å². The molecule has 6 rings (SSSR count). The fourth-order valence-electron chi connectivity index (χ4n) is 5.58. The Labute approximate surface area is 240 Å². The largest absolute Gasteiger partial charge is 0.369 e. The molecule has 3 heterocycles. The SMILES string of the molecule is Cn1nc(-c2ccc(C(C)(C)C#N)cc2)c2c3cc(-c4cccc(N5CCN(S(C)(=O)=O)CC5)c4)ccc3ncc21. The van der Waals surface area contributed by atoms with Gasteiger partial charge in [-0.2, -0.15) is 14.7 Å². The van der Waals surface area contributed by atoms with Crippen LogP contribution in [0.4, 0.5) is 5.69 Å². The second-order valence-corrected chi connectivity index (χ2v) is 13.2. The highest BCUT2D eigenvalue weighted by Gasteiger charge is 2.24. The minimum absolute atomic E-state index is 0.488. The molecule has 0 bridgehead atoms. The Kier molecular flexibility index (Phi) is 6.56. The van der Waals surface area contributed by atoms with Crippen LogP contribution in [0.15, 0.2) is 72.9 Å². The van der Waals surface area contributed by atoms with Crippen molar-refractivity contribution in [3.8, 4) is 28.5 Å². The first-order chi connectivity index (χ1) is 19.5. The van der Waals surface area contributed by atoms with Gasteiger partial charge in [-0.05, 0) is 54.8 Å². The molecule has 0 unspecified atom stereocenters. The number of hydrogen-bond donors (Lipinski definition) is 0.